The minimum atomic E-state index is -0.501. The summed E-state index contributed by atoms with van der Waals surface area (Å²) in [6.07, 6.45) is 5.00. The lowest BCUT2D eigenvalue weighted by atomic mass is 10.2. The van der Waals surface area contributed by atoms with Crippen molar-refractivity contribution >= 4 is 22.6 Å². The van der Waals surface area contributed by atoms with Crippen LogP contribution in [0.4, 0.5) is 0 Å². The largest absolute Gasteiger partial charge is 0.258 e. The van der Waals surface area contributed by atoms with Crippen molar-refractivity contribution in [3.8, 4) is 0 Å². The van der Waals surface area contributed by atoms with Crippen molar-refractivity contribution < 1.29 is 4.21 Å². The van der Waals surface area contributed by atoms with Gasteiger partial charge in [-0.15, -0.1) is 11.8 Å². The van der Waals surface area contributed by atoms with E-state index >= 15 is 0 Å². The van der Waals surface area contributed by atoms with E-state index in [1.807, 2.05) is 11.8 Å². The normalized spacial score (nSPS) is 31.0. The Hall–Kier alpha value is 0.500. The SMILES string of the molecule is CCCCC[C@@H]1SCC[S@]1=O. The lowest BCUT2D eigenvalue weighted by molar-refractivity contribution is 0.664. The highest BCUT2D eigenvalue weighted by Gasteiger charge is 2.22. The van der Waals surface area contributed by atoms with Crippen molar-refractivity contribution in [1.29, 1.82) is 0 Å². The first-order valence-electron chi connectivity index (χ1n) is 4.33. The molecule has 1 aliphatic heterocycles. The summed E-state index contributed by atoms with van der Waals surface area (Å²) in [6, 6.07) is 0. The molecule has 11 heavy (non-hydrogen) atoms. The minimum absolute atomic E-state index is 0.474. The van der Waals surface area contributed by atoms with Gasteiger partial charge < -0.3 is 0 Å². The zero-order valence-electron chi connectivity index (χ0n) is 7.04. The number of rotatable bonds is 4. The minimum Gasteiger partial charge on any atom is -0.258 e. The lowest BCUT2D eigenvalue weighted by Crippen LogP contribution is -2.05. The molecule has 1 aliphatic rings. The predicted molar refractivity (Wildman–Crippen MR) is 53.4 cm³/mol. The molecular formula is C8H16OS2. The molecule has 1 fully saturated rings. The van der Waals surface area contributed by atoms with Gasteiger partial charge in [-0.25, -0.2) is 0 Å². The van der Waals surface area contributed by atoms with Gasteiger partial charge in [-0.1, -0.05) is 26.2 Å². The van der Waals surface area contributed by atoms with Crippen molar-refractivity contribution in [1.82, 2.24) is 0 Å². The molecule has 1 nitrogen and oxygen atoms in total. The van der Waals surface area contributed by atoms with Crippen molar-refractivity contribution in [2.24, 2.45) is 0 Å². The molecule has 3 heteroatoms. The van der Waals surface area contributed by atoms with Crippen molar-refractivity contribution in [2.45, 2.75) is 37.2 Å². The molecule has 0 spiro atoms. The zero-order chi connectivity index (χ0) is 8.10. The summed E-state index contributed by atoms with van der Waals surface area (Å²) < 4.78 is 11.7. The van der Waals surface area contributed by atoms with E-state index in [2.05, 4.69) is 6.92 Å². The monoisotopic (exact) mass is 192 g/mol. The van der Waals surface area contributed by atoms with Crippen molar-refractivity contribution in [2.75, 3.05) is 11.5 Å². The second kappa shape index (κ2) is 5.20. The Balaban J connectivity index is 2.10. The highest BCUT2D eigenvalue weighted by atomic mass is 32.2. The van der Waals surface area contributed by atoms with E-state index in [-0.39, 0.29) is 0 Å². The number of unbranched alkanes of at least 4 members (excludes halogenated alkanes) is 2. The second-order valence-corrected chi connectivity index (χ2v) is 6.23. The van der Waals surface area contributed by atoms with Crippen LogP contribution in [-0.2, 0) is 10.8 Å². The van der Waals surface area contributed by atoms with E-state index in [0.717, 1.165) is 11.5 Å². The molecule has 1 rings (SSSR count). The molecule has 0 amide bonds. The van der Waals surface area contributed by atoms with Crippen LogP contribution in [0, 0.1) is 0 Å². The quantitative estimate of drug-likeness (QED) is 0.636. The van der Waals surface area contributed by atoms with Gasteiger partial charge in [0.25, 0.3) is 0 Å². The van der Waals surface area contributed by atoms with E-state index in [0.29, 0.717) is 4.58 Å². The smallest absolute Gasteiger partial charge is 0.0802 e. The molecule has 0 aromatic heterocycles. The first-order chi connectivity index (χ1) is 5.34. The van der Waals surface area contributed by atoms with Crippen LogP contribution in [0.25, 0.3) is 0 Å². The van der Waals surface area contributed by atoms with Gasteiger partial charge in [0.2, 0.25) is 0 Å². The lowest BCUT2D eigenvalue weighted by Gasteiger charge is -2.05. The Kier molecular flexibility index (Phi) is 4.53. The molecule has 2 atom stereocenters. The number of hydrogen-bond donors (Lipinski definition) is 0. The average molecular weight is 192 g/mol. The molecule has 0 aliphatic carbocycles. The van der Waals surface area contributed by atoms with Gasteiger partial charge in [-0.2, -0.15) is 0 Å². The molecule has 0 N–H and O–H groups in total. The first-order valence-corrected chi connectivity index (χ1v) is 6.76. The Morgan fingerprint density at radius 3 is 2.91 bits per heavy atom. The summed E-state index contributed by atoms with van der Waals surface area (Å²) in [5.74, 6) is 2.05. The van der Waals surface area contributed by atoms with E-state index in [9.17, 15) is 4.21 Å². The van der Waals surface area contributed by atoms with E-state index < -0.39 is 10.8 Å². The summed E-state index contributed by atoms with van der Waals surface area (Å²) in [7, 11) is -0.501. The van der Waals surface area contributed by atoms with Crippen LogP contribution < -0.4 is 0 Å². The van der Waals surface area contributed by atoms with Crippen molar-refractivity contribution in [3.05, 3.63) is 0 Å². The molecule has 0 aromatic carbocycles. The third-order valence-electron chi connectivity index (χ3n) is 1.92. The second-order valence-electron chi connectivity index (χ2n) is 2.88. The fourth-order valence-electron chi connectivity index (χ4n) is 1.24. The van der Waals surface area contributed by atoms with Crippen LogP contribution >= 0.6 is 11.8 Å². The van der Waals surface area contributed by atoms with Gasteiger partial charge in [0.1, 0.15) is 0 Å². The predicted octanol–water partition coefficient (Wildman–Crippen LogP) is 2.39. The zero-order valence-corrected chi connectivity index (χ0v) is 8.68. The number of hydrogen-bond acceptors (Lipinski definition) is 2. The van der Waals surface area contributed by atoms with E-state index in [1.54, 1.807) is 0 Å². The Morgan fingerprint density at radius 1 is 1.55 bits per heavy atom. The van der Waals surface area contributed by atoms with Gasteiger partial charge >= 0.3 is 0 Å². The molecule has 1 heterocycles. The number of thioether (sulfide) groups is 1. The third kappa shape index (κ3) is 3.16. The molecule has 0 bridgehead atoms. The molecule has 1 saturated heterocycles. The molecule has 0 saturated carbocycles. The molecular weight excluding hydrogens is 176 g/mol. The summed E-state index contributed by atoms with van der Waals surface area (Å²) in [4.78, 5) is 0. The highest BCUT2D eigenvalue weighted by Crippen LogP contribution is 2.27. The van der Waals surface area contributed by atoms with Gasteiger partial charge in [0.05, 0.1) is 4.58 Å². The summed E-state index contributed by atoms with van der Waals surface area (Å²) >= 11 is 1.90. The topological polar surface area (TPSA) is 17.1 Å². The van der Waals surface area contributed by atoms with Gasteiger partial charge in [-0.05, 0) is 6.42 Å². The summed E-state index contributed by atoms with van der Waals surface area (Å²) in [5, 5.41) is 0. The van der Waals surface area contributed by atoms with Gasteiger partial charge in [-0.3, -0.25) is 4.21 Å². The molecule has 0 aromatic rings. The average Bonchev–Trinajstić information content (AvgIpc) is 2.37. The third-order valence-corrected chi connectivity index (χ3v) is 5.71. The molecule has 0 radical (unpaired) electrons. The first kappa shape index (κ1) is 9.59. The maximum absolute atomic E-state index is 11.3. The van der Waals surface area contributed by atoms with E-state index in [4.69, 9.17) is 0 Å². The van der Waals surface area contributed by atoms with Crippen LogP contribution in [-0.4, -0.2) is 20.3 Å². The molecule has 0 unspecified atom stereocenters. The van der Waals surface area contributed by atoms with Gasteiger partial charge in [0, 0.05) is 22.3 Å². The van der Waals surface area contributed by atoms with Crippen LogP contribution in [0.15, 0.2) is 0 Å². The summed E-state index contributed by atoms with van der Waals surface area (Å²) in [5.41, 5.74) is 0. The molecule has 66 valence electrons. The Morgan fingerprint density at radius 2 is 2.36 bits per heavy atom. The maximum Gasteiger partial charge on any atom is 0.0802 e. The Labute approximate surface area is 75.8 Å². The standard InChI is InChI=1S/C8H16OS2/c1-2-3-4-5-8-10-6-7-11(8)9/h8H,2-7H2,1H3/t8-,11-/m1/s1. The van der Waals surface area contributed by atoms with Crippen LogP contribution in [0.5, 0.6) is 0 Å². The van der Waals surface area contributed by atoms with Gasteiger partial charge in [0.15, 0.2) is 0 Å². The van der Waals surface area contributed by atoms with Crippen molar-refractivity contribution in [3.63, 3.8) is 0 Å². The van der Waals surface area contributed by atoms with Crippen LogP contribution in [0.3, 0.4) is 0 Å². The summed E-state index contributed by atoms with van der Waals surface area (Å²) in [6.45, 7) is 2.21. The fraction of sp³-hybridized carbons (Fsp3) is 1.00. The fourth-order valence-corrected chi connectivity index (χ4v) is 4.76. The van der Waals surface area contributed by atoms with Crippen LogP contribution in [0.2, 0.25) is 0 Å². The van der Waals surface area contributed by atoms with Crippen LogP contribution in [0.1, 0.15) is 32.6 Å². The highest BCUT2D eigenvalue weighted by molar-refractivity contribution is 8.14. The maximum atomic E-state index is 11.3. The Bertz CT molecular complexity index is 136. The van der Waals surface area contributed by atoms with E-state index in [1.165, 1.54) is 25.7 Å².